The van der Waals surface area contributed by atoms with E-state index in [1.54, 1.807) is 12.4 Å². The van der Waals surface area contributed by atoms with Crippen LogP contribution in [-0.4, -0.2) is 37.5 Å². The molecule has 0 saturated heterocycles. The van der Waals surface area contributed by atoms with Crippen molar-refractivity contribution >= 4 is 17.7 Å². The predicted molar refractivity (Wildman–Crippen MR) is 132 cm³/mol. The van der Waals surface area contributed by atoms with E-state index in [4.69, 9.17) is 0 Å². The minimum atomic E-state index is -0.0113. The Hall–Kier alpha value is -3.45. The third-order valence-corrected chi connectivity index (χ3v) is 6.29. The maximum absolute atomic E-state index is 12.6. The van der Waals surface area contributed by atoms with E-state index in [1.165, 1.54) is 17.3 Å². The number of amides is 1. The van der Waals surface area contributed by atoms with E-state index in [9.17, 15) is 4.79 Å². The summed E-state index contributed by atoms with van der Waals surface area (Å²) in [6, 6.07) is 22.3. The monoisotopic (exact) mass is 457 g/mol. The van der Waals surface area contributed by atoms with Gasteiger partial charge in [0.25, 0.3) is 0 Å². The van der Waals surface area contributed by atoms with Crippen LogP contribution in [0.3, 0.4) is 0 Å². The van der Waals surface area contributed by atoms with E-state index in [-0.39, 0.29) is 17.7 Å². The average Bonchev–Trinajstić information content (AvgIpc) is 3.27. The molecule has 4 aromatic rings. The Balaban J connectivity index is 1.45. The van der Waals surface area contributed by atoms with Gasteiger partial charge in [0.1, 0.15) is 0 Å². The lowest BCUT2D eigenvalue weighted by atomic mass is 10.1. The molecule has 0 fully saturated rings. The number of para-hydroxylation sites is 1. The van der Waals surface area contributed by atoms with Crippen LogP contribution in [0.5, 0.6) is 0 Å². The van der Waals surface area contributed by atoms with E-state index in [1.807, 2.05) is 60.0 Å². The van der Waals surface area contributed by atoms with Gasteiger partial charge in [-0.15, -0.1) is 10.2 Å². The first-order valence-corrected chi connectivity index (χ1v) is 12.0. The van der Waals surface area contributed by atoms with Crippen LogP contribution in [-0.2, 0) is 11.2 Å². The van der Waals surface area contributed by atoms with Crippen molar-refractivity contribution < 1.29 is 4.79 Å². The number of aromatic nitrogens is 4. The number of carbonyl (C=O) groups excluding carboxylic acids is 1. The van der Waals surface area contributed by atoms with Gasteiger partial charge < -0.3 is 5.32 Å². The number of nitrogens with one attached hydrogen (secondary N) is 1. The zero-order valence-corrected chi connectivity index (χ0v) is 19.6. The Kier molecular flexibility index (Phi) is 7.52. The number of aryl methyl sites for hydroxylation is 2. The molecule has 7 heteroatoms. The van der Waals surface area contributed by atoms with Gasteiger partial charge in [-0.05, 0) is 56.0 Å². The Morgan fingerprint density at radius 3 is 2.58 bits per heavy atom. The summed E-state index contributed by atoms with van der Waals surface area (Å²) in [5, 5.41) is 12.6. The summed E-state index contributed by atoms with van der Waals surface area (Å²) < 4.78 is 2.00. The van der Waals surface area contributed by atoms with E-state index in [0.717, 1.165) is 29.7 Å². The summed E-state index contributed by atoms with van der Waals surface area (Å²) >= 11 is 1.39. The summed E-state index contributed by atoms with van der Waals surface area (Å²) in [4.78, 5) is 16.9. The molecule has 1 N–H and O–H groups in total. The number of nitrogens with zero attached hydrogens (tertiary/aromatic N) is 4. The van der Waals surface area contributed by atoms with Crippen molar-refractivity contribution in [1.29, 1.82) is 0 Å². The minimum Gasteiger partial charge on any atom is -0.353 e. The van der Waals surface area contributed by atoms with Crippen LogP contribution in [0.1, 0.15) is 24.5 Å². The highest BCUT2D eigenvalue weighted by Gasteiger charge is 2.19. The van der Waals surface area contributed by atoms with Crippen molar-refractivity contribution in [2.45, 2.75) is 37.9 Å². The highest BCUT2D eigenvalue weighted by atomic mass is 32.2. The first-order chi connectivity index (χ1) is 16.1. The molecule has 1 amide bonds. The van der Waals surface area contributed by atoms with E-state index in [2.05, 4.69) is 45.6 Å². The number of thioether (sulfide) groups is 1. The lowest BCUT2D eigenvalue weighted by Gasteiger charge is -2.15. The molecule has 6 nitrogen and oxygen atoms in total. The van der Waals surface area contributed by atoms with Gasteiger partial charge >= 0.3 is 0 Å². The maximum Gasteiger partial charge on any atom is 0.230 e. The summed E-state index contributed by atoms with van der Waals surface area (Å²) in [6.07, 6.45) is 5.34. The van der Waals surface area contributed by atoms with Gasteiger partial charge in [-0.25, -0.2) is 0 Å². The fourth-order valence-corrected chi connectivity index (χ4v) is 4.38. The molecule has 0 saturated carbocycles. The molecule has 168 valence electrons. The fourth-order valence-electron chi connectivity index (χ4n) is 3.62. The normalized spacial score (nSPS) is 11.8. The molecule has 0 unspecified atom stereocenters. The van der Waals surface area contributed by atoms with Crippen molar-refractivity contribution in [3.63, 3.8) is 0 Å². The third-order valence-electron chi connectivity index (χ3n) is 5.36. The van der Waals surface area contributed by atoms with Crippen molar-refractivity contribution in [2.24, 2.45) is 0 Å². The predicted octanol–water partition coefficient (Wildman–Crippen LogP) is 4.87. The zero-order chi connectivity index (χ0) is 23.0. The van der Waals surface area contributed by atoms with Gasteiger partial charge in [0, 0.05) is 24.0 Å². The summed E-state index contributed by atoms with van der Waals surface area (Å²) in [5.41, 5.74) is 4.24. The van der Waals surface area contributed by atoms with Crippen molar-refractivity contribution in [1.82, 2.24) is 25.1 Å². The number of hydrogen-bond donors (Lipinski definition) is 1. The van der Waals surface area contributed by atoms with E-state index >= 15 is 0 Å². The molecule has 0 radical (unpaired) electrons. The lowest BCUT2D eigenvalue weighted by Crippen LogP contribution is -2.34. The molecule has 33 heavy (non-hydrogen) atoms. The van der Waals surface area contributed by atoms with Gasteiger partial charge in [-0.2, -0.15) is 0 Å². The number of pyridine rings is 1. The second-order valence-electron chi connectivity index (χ2n) is 7.95. The number of benzene rings is 2. The van der Waals surface area contributed by atoms with Crippen LogP contribution < -0.4 is 5.32 Å². The third kappa shape index (κ3) is 5.87. The molecule has 2 heterocycles. The SMILES string of the molecule is Cc1ccccc1-n1c(SCC(=O)N[C@H](C)CCc2ccccc2)nnc1-c1cccnc1. The fraction of sp³-hybridized carbons (Fsp3) is 0.231. The molecular weight excluding hydrogens is 430 g/mol. The van der Waals surface area contributed by atoms with E-state index < -0.39 is 0 Å². The maximum atomic E-state index is 12.6. The summed E-state index contributed by atoms with van der Waals surface area (Å²) in [6.45, 7) is 4.10. The second-order valence-corrected chi connectivity index (χ2v) is 8.89. The zero-order valence-electron chi connectivity index (χ0n) is 18.8. The van der Waals surface area contributed by atoms with Gasteiger partial charge in [0.2, 0.25) is 5.91 Å². The van der Waals surface area contributed by atoms with Crippen molar-refractivity contribution in [2.75, 3.05) is 5.75 Å². The average molecular weight is 458 g/mol. The standard InChI is InChI=1S/C26H27N5OS/c1-19-9-6-7-13-23(19)31-25(22-12-8-16-27-17-22)29-30-26(31)33-18-24(32)28-20(2)14-15-21-10-4-3-5-11-21/h3-13,16-17,20H,14-15,18H2,1-2H3,(H,28,32)/t20-/m1/s1. The molecular formula is C26H27N5OS. The van der Waals surface area contributed by atoms with Crippen molar-refractivity contribution in [3.05, 3.63) is 90.3 Å². The van der Waals surface area contributed by atoms with Gasteiger partial charge in [-0.3, -0.25) is 14.3 Å². The quantitative estimate of drug-likeness (QED) is 0.363. The van der Waals surface area contributed by atoms with Crippen LogP contribution in [0.15, 0.2) is 84.3 Å². The molecule has 2 aromatic carbocycles. The first-order valence-electron chi connectivity index (χ1n) is 11.0. The van der Waals surface area contributed by atoms with Gasteiger partial charge in [-0.1, -0.05) is 60.3 Å². The first kappa shape index (κ1) is 22.7. The Morgan fingerprint density at radius 1 is 1.03 bits per heavy atom. The lowest BCUT2D eigenvalue weighted by molar-refractivity contribution is -0.119. The Bertz CT molecular complexity index is 1190. The van der Waals surface area contributed by atoms with Crippen LogP contribution in [0, 0.1) is 6.92 Å². The van der Waals surface area contributed by atoms with E-state index in [0.29, 0.717) is 11.0 Å². The second kappa shape index (κ2) is 10.9. The van der Waals surface area contributed by atoms with Crippen LogP contribution in [0.2, 0.25) is 0 Å². The minimum absolute atomic E-state index is 0.0113. The molecule has 0 aliphatic carbocycles. The topological polar surface area (TPSA) is 72.7 Å². The van der Waals surface area contributed by atoms with Crippen LogP contribution >= 0.6 is 11.8 Å². The summed E-state index contributed by atoms with van der Waals surface area (Å²) in [7, 11) is 0. The smallest absolute Gasteiger partial charge is 0.230 e. The number of hydrogen-bond acceptors (Lipinski definition) is 5. The number of rotatable bonds is 9. The Labute approximate surface area is 198 Å². The summed E-state index contributed by atoms with van der Waals surface area (Å²) in [5.74, 6) is 0.964. The molecule has 0 aliphatic rings. The molecule has 2 aromatic heterocycles. The highest BCUT2D eigenvalue weighted by Crippen LogP contribution is 2.29. The molecule has 0 aliphatic heterocycles. The number of carbonyl (C=O) groups is 1. The molecule has 0 bridgehead atoms. The molecule has 0 spiro atoms. The largest absolute Gasteiger partial charge is 0.353 e. The molecule has 1 atom stereocenters. The van der Waals surface area contributed by atoms with Crippen LogP contribution in [0.25, 0.3) is 17.1 Å². The van der Waals surface area contributed by atoms with Gasteiger partial charge in [0.15, 0.2) is 11.0 Å². The van der Waals surface area contributed by atoms with Crippen LogP contribution in [0.4, 0.5) is 0 Å². The highest BCUT2D eigenvalue weighted by molar-refractivity contribution is 7.99. The van der Waals surface area contributed by atoms with Gasteiger partial charge in [0.05, 0.1) is 11.4 Å². The Morgan fingerprint density at radius 2 is 1.82 bits per heavy atom. The molecule has 4 rings (SSSR count). The van der Waals surface area contributed by atoms with Crippen molar-refractivity contribution in [3.8, 4) is 17.1 Å².